The zero-order valence-corrected chi connectivity index (χ0v) is 11.7. The van der Waals surface area contributed by atoms with Crippen LogP contribution in [-0.2, 0) is 6.42 Å². The first kappa shape index (κ1) is 12.2. The van der Waals surface area contributed by atoms with E-state index in [1.165, 1.54) is 5.56 Å². The maximum atomic E-state index is 12.4. The number of carbonyl (C=O) groups is 1. The second-order valence-corrected chi connectivity index (χ2v) is 6.49. The van der Waals surface area contributed by atoms with E-state index in [1.807, 2.05) is 24.3 Å². The number of carbonyl (C=O) groups excluding carboxylic acids is 1. The molecule has 3 rings (SSSR count). The van der Waals surface area contributed by atoms with E-state index in [2.05, 4.69) is 39.0 Å². The first-order valence-electron chi connectivity index (χ1n) is 6.73. The molecule has 0 bridgehead atoms. The molecule has 2 aromatic rings. The molecule has 96 valence electrons. The number of hydrogen-bond donors (Lipinski definition) is 0. The van der Waals surface area contributed by atoms with Crippen molar-refractivity contribution >= 4 is 5.78 Å². The number of fused-ring (bicyclic) bond motifs is 3. The lowest BCUT2D eigenvalue weighted by Gasteiger charge is -2.18. The number of benzene rings is 2. The molecule has 19 heavy (non-hydrogen) atoms. The predicted octanol–water partition coefficient (Wildman–Crippen LogP) is 4.49. The molecule has 0 saturated carbocycles. The van der Waals surface area contributed by atoms with Gasteiger partial charge in [0.2, 0.25) is 0 Å². The molecule has 0 unspecified atom stereocenters. The molecule has 0 aliphatic heterocycles. The van der Waals surface area contributed by atoms with Gasteiger partial charge in [-0.3, -0.25) is 4.79 Å². The van der Waals surface area contributed by atoms with Crippen LogP contribution in [-0.4, -0.2) is 5.78 Å². The minimum Gasteiger partial charge on any atom is -0.289 e. The van der Waals surface area contributed by atoms with Gasteiger partial charge in [-0.05, 0) is 34.6 Å². The van der Waals surface area contributed by atoms with Crippen LogP contribution >= 0.6 is 0 Å². The lowest BCUT2D eigenvalue weighted by molar-refractivity contribution is 0.104. The fourth-order valence-corrected chi connectivity index (χ4v) is 2.80. The minimum atomic E-state index is 0.168. The van der Waals surface area contributed by atoms with Gasteiger partial charge in [-0.25, -0.2) is 0 Å². The zero-order valence-electron chi connectivity index (χ0n) is 11.7. The Balaban J connectivity index is 2.08. The maximum Gasteiger partial charge on any atom is 0.194 e. The van der Waals surface area contributed by atoms with E-state index in [-0.39, 0.29) is 11.2 Å². The molecular formula is C18H18O. The summed E-state index contributed by atoms with van der Waals surface area (Å²) in [7, 11) is 0. The molecule has 0 radical (unpaired) electrons. The summed E-state index contributed by atoms with van der Waals surface area (Å²) >= 11 is 0. The highest BCUT2D eigenvalue weighted by molar-refractivity contribution is 6.21. The Hall–Kier alpha value is -1.89. The molecule has 1 heteroatoms. The van der Waals surface area contributed by atoms with Crippen molar-refractivity contribution in [3.05, 3.63) is 59.2 Å². The normalized spacial score (nSPS) is 13.3. The van der Waals surface area contributed by atoms with Crippen molar-refractivity contribution in [1.29, 1.82) is 0 Å². The van der Waals surface area contributed by atoms with Crippen molar-refractivity contribution in [2.24, 2.45) is 5.41 Å². The summed E-state index contributed by atoms with van der Waals surface area (Å²) in [5.41, 5.74) is 5.34. The van der Waals surface area contributed by atoms with Gasteiger partial charge in [0.25, 0.3) is 0 Å². The monoisotopic (exact) mass is 250 g/mol. The number of ketones is 1. The van der Waals surface area contributed by atoms with Crippen LogP contribution < -0.4 is 0 Å². The van der Waals surface area contributed by atoms with Gasteiger partial charge in [-0.15, -0.1) is 0 Å². The highest BCUT2D eigenvalue weighted by atomic mass is 16.1. The van der Waals surface area contributed by atoms with Crippen LogP contribution in [0.1, 0.15) is 42.3 Å². The van der Waals surface area contributed by atoms with Gasteiger partial charge in [0, 0.05) is 11.1 Å². The first-order chi connectivity index (χ1) is 8.96. The molecule has 0 spiro atoms. The topological polar surface area (TPSA) is 17.1 Å². The lowest BCUT2D eigenvalue weighted by Crippen LogP contribution is -2.09. The summed E-state index contributed by atoms with van der Waals surface area (Å²) in [6.45, 7) is 6.66. The average molecular weight is 250 g/mol. The largest absolute Gasteiger partial charge is 0.289 e. The number of hydrogen-bond acceptors (Lipinski definition) is 1. The molecule has 0 aromatic heterocycles. The van der Waals surface area contributed by atoms with Gasteiger partial charge in [-0.2, -0.15) is 0 Å². The van der Waals surface area contributed by atoms with E-state index in [9.17, 15) is 4.79 Å². The van der Waals surface area contributed by atoms with Crippen LogP contribution in [0.2, 0.25) is 0 Å². The predicted molar refractivity (Wildman–Crippen MR) is 78.5 cm³/mol. The van der Waals surface area contributed by atoms with E-state index in [1.54, 1.807) is 0 Å². The molecule has 0 N–H and O–H groups in total. The fourth-order valence-electron chi connectivity index (χ4n) is 2.80. The molecule has 1 aliphatic carbocycles. The summed E-state index contributed by atoms with van der Waals surface area (Å²) in [6.07, 6.45) is 0.990. The van der Waals surface area contributed by atoms with Gasteiger partial charge < -0.3 is 0 Å². The Labute approximate surface area is 114 Å². The van der Waals surface area contributed by atoms with Crippen molar-refractivity contribution in [2.45, 2.75) is 27.2 Å². The summed E-state index contributed by atoms with van der Waals surface area (Å²) < 4.78 is 0. The van der Waals surface area contributed by atoms with Gasteiger partial charge in [0.05, 0.1) is 0 Å². The Bertz CT molecular complexity index is 660. The molecular weight excluding hydrogens is 232 g/mol. The summed E-state index contributed by atoms with van der Waals surface area (Å²) in [5, 5.41) is 0. The molecule has 0 atom stereocenters. The van der Waals surface area contributed by atoms with E-state index in [0.717, 1.165) is 28.7 Å². The molecule has 0 fully saturated rings. The smallest absolute Gasteiger partial charge is 0.194 e. The van der Waals surface area contributed by atoms with Crippen LogP contribution in [0.3, 0.4) is 0 Å². The van der Waals surface area contributed by atoms with Gasteiger partial charge >= 0.3 is 0 Å². The molecule has 0 heterocycles. The van der Waals surface area contributed by atoms with E-state index >= 15 is 0 Å². The minimum absolute atomic E-state index is 0.168. The number of rotatable bonds is 1. The highest BCUT2D eigenvalue weighted by Crippen LogP contribution is 2.37. The third-order valence-corrected chi connectivity index (χ3v) is 3.52. The van der Waals surface area contributed by atoms with Crippen molar-refractivity contribution in [3.63, 3.8) is 0 Å². The third-order valence-electron chi connectivity index (χ3n) is 3.52. The van der Waals surface area contributed by atoms with Crippen molar-refractivity contribution in [3.8, 4) is 11.1 Å². The molecule has 0 saturated heterocycles. The second kappa shape index (κ2) is 4.06. The maximum absolute atomic E-state index is 12.4. The van der Waals surface area contributed by atoms with Gasteiger partial charge in [0.1, 0.15) is 0 Å². The highest BCUT2D eigenvalue weighted by Gasteiger charge is 2.26. The van der Waals surface area contributed by atoms with Gasteiger partial charge in [0.15, 0.2) is 5.78 Å². The standard InChI is InChI=1S/C18H18O/c1-18(2,3)11-12-8-9-14-13-6-4-5-7-15(13)17(19)16(14)10-12/h4-10H,11H2,1-3H3. The molecule has 2 aromatic carbocycles. The lowest BCUT2D eigenvalue weighted by atomic mass is 9.87. The van der Waals surface area contributed by atoms with Gasteiger partial charge in [-0.1, -0.05) is 57.2 Å². The Morgan fingerprint density at radius 1 is 0.842 bits per heavy atom. The zero-order chi connectivity index (χ0) is 13.6. The Morgan fingerprint density at radius 3 is 2.16 bits per heavy atom. The van der Waals surface area contributed by atoms with Crippen LogP contribution in [0, 0.1) is 5.41 Å². The SMILES string of the molecule is CC(C)(C)Cc1ccc2c(c1)C(=O)c1ccccc1-2. The van der Waals surface area contributed by atoms with Crippen LogP contribution in [0.25, 0.3) is 11.1 Å². The quantitative estimate of drug-likeness (QED) is 0.622. The second-order valence-electron chi connectivity index (χ2n) is 6.49. The average Bonchev–Trinajstić information content (AvgIpc) is 2.62. The Kier molecular flexibility index (Phi) is 2.60. The first-order valence-corrected chi connectivity index (χ1v) is 6.73. The molecule has 0 amide bonds. The van der Waals surface area contributed by atoms with Crippen molar-refractivity contribution < 1.29 is 4.79 Å². The molecule has 1 aliphatic rings. The van der Waals surface area contributed by atoms with Crippen molar-refractivity contribution in [2.75, 3.05) is 0 Å². The van der Waals surface area contributed by atoms with Crippen LogP contribution in [0.5, 0.6) is 0 Å². The molecule has 1 nitrogen and oxygen atoms in total. The van der Waals surface area contributed by atoms with Crippen LogP contribution in [0.15, 0.2) is 42.5 Å². The summed E-state index contributed by atoms with van der Waals surface area (Å²) in [6, 6.07) is 14.2. The van der Waals surface area contributed by atoms with Crippen LogP contribution in [0.4, 0.5) is 0 Å². The third kappa shape index (κ3) is 2.10. The fraction of sp³-hybridized carbons (Fsp3) is 0.278. The van der Waals surface area contributed by atoms with E-state index in [4.69, 9.17) is 0 Å². The van der Waals surface area contributed by atoms with E-state index in [0.29, 0.717) is 0 Å². The summed E-state index contributed by atoms with van der Waals surface area (Å²) in [5.74, 6) is 0.168. The summed E-state index contributed by atoms with van der Waals surface area (Å²) in [4.78, 5) is 12.4. The van der Waals surface area contributed by atoms with E-state index < -0.39 is 0 Å². The Morgan fingerprint density at radius 2 is 1.47 bits per heavy atom. The van der Waals surface area contributed by atoms with Crippen molar-refractivity contribution in [1.82, 2.24) is 0 Å².